The Morgan fingerprint density at radius 3 is 2.12 bits per heavy atom. The van der Waals surface area contributed by atoms with E-state index in [9.17, 15) is 4.21 Å². The van der Waals surface area contributed by atoms with Crippen LogP contribution in [0.2, 0.25) is 21.6 Å². The summed E-state index contributed by atoms with van der Waals surface area (Å²) in [4.78, 5) is 0.937. The Kier molecular flexibility index (Phi) is 9.98. The van der Waals surface area contributed by atoms with E-state index in [1.54, 1.807) is 5.57 Å². The molecule has 0 aliphatic heterocycles. The Hall–Kier alpha value is -0.423. The number of hydrogen-bond acceptors (Lipinski definition) is 2. The topological polar surface area (TPSA) is 26.3 Å². The molecule has 0 radical (unpaired) electrons. The van der Waals surface area contributed by atoms with Crippen LogP contribution in [-0.4, -0.2) is 23.9 Å². The van der Waals surface area contributed by atoms with E-state index in [1.165, 1.54) is 44.9 Å². The van der Waals surface area contributed by atoms with Crippen LogP contribution in [0, 0.1) is 40.4 Å². The molecule has 1 aromatic carbocycles. The fourth-order valence-electron chi connectivity index (χ4n) is 11.6. The van der Waals surface area contributed by atoms with Gasteiger partial charge in [0.2, 0.25) is 8.32 Å². The number of rotatable bonds is 9. The highest BCUT2D eigenvalue weighted by molar-refractivity contribution is 7.86. The van der Waals surface area contributed by atoms with Crippen molar-refractivity contribution in [1.29, 1.82) is 0 Å². The van der Waals surface area contributed by atoms with Crippen molar-refractivity contribution in [1.82, 2.24) is 0 Å². The van der Waals surface area contributed by atoms with Crippen LogP contribution in [0.3, 0.4) is 0 Å². The summed E-state index contributed by atoms with van der Waals surface area (Å²) >= 11 is 6.29. The van der Waals surface area contributed by atoms with E-state index in [-0.39, 0.29) is 16.8 Å². The molecule has 5 rings (SSSR count). The highest BCUT2D eigenvalue weighted by Gasteiger charge is 2.62. The molecule has 242 valence electrons. The van der Waals surface area contributed by atoms with E-state index < -0.39 is 19.1 Å². The monoisotopic (exact) mass is 644 g/mol. The van der Waals surface area contributed by atoms with Crippen molar-refractivity contribution in [2.45, 2.75) is 153 Å². The van der Waals surface area contributed by atoms with Gasteiger partial charge in [-0.1, -0.05) is 98.9 Å². The first-order valence-corrected chi connectivity index (χ1v) is 21.5. The van der Waals surface area contributed by atoms with Crippen LogP contribution in [0.1, 0.15) is 121 Å². The minimum absolute atomic E-state index is 0.0654. The average molecular weight is 646 g/mol. The quantitative estimate of drug-likeness (QED) is 0.197. The lowest BCUT2D eigenvalue weighted by Crippen LogP contribution is -2.56. The van der Waals surface area contributed by atoms with Gasteiger partial charge in [0.1, 0.15) is 0 Å². The lowest BCUT2D eigenvalue weighted by atomic mass is 9.47. The SMILES string of the molecule is CC[C@H](C)[C@H]1CC[C@H]2[C@@H]3[C@@H](S(=O)c4ccc(Cl)cc4)C=C4C[C@@H](O[Si](C(C)C)(C(C)C)C(C)C)CC[C@]4(C)[C@H]3CC[C@]12C. The first-order chi connectivity index (χ1) is 20.2. The van der Waals surface area contributed by atoms with Crippen molar-refractivity contribution in [3.8, 4) is 0 Å². The van der Waals surface area contributed by atoms with Gasteiger partial charge >= 0.3 is 0 Å². The molecule has 0 saturated heterocycles. The van der Waals surface area contributed by atoms with E-state index in [0.29, 0.717) is 44.8 Å². The van der Waals surface area contributed by atoms with Gasteiger partial charge < -0.3 is 4.43 Å². The summed E-state index contributed by atoms with van der Waals surface area (Å²) in [6, 6.07) is 7.87. The van der Waals surface area contributed by atoms with Gasteiger partial charge in [-0.05, 0) is 126 Å². The Morgan fingerprint density at radius 1 is 0.907 bits per heavy atom. The van der Waals surface area contributed by atoms with E-state index in [0.717, 1.165) is 23.2 Å². The van der Waals surface area contributed by atoms with Gasteiger partial charge in [-0.15, -0.1) is 0 Å². The molecule has 4 aliphatic rings. The predicted molar refractivity (Wildman–Crippen MR) is 188 cm³/mol. The molecule has 0 aromatic heterocycles. The van der Waals surface area contributed by atoms with Gasteiger partial charge in [-0.2, -0.15) is 0 Å². The first kappa shape index (κ1) is 33.9. The van der Waals surface area contributed by atoms with Gasteiger partial charge in [-0.3, -0.25) is 4.21 Å². The fraction of sp³-hybridized carbons (Fsp3) is 0.789. The second kappa shape index (κ2) is 12.6. The molecule has 4 aliphatic carbocycles. The van der Waals surface area contributed by atoms with Crippen LogP contribution < -0.4 is 0 Å². The smallest absolute Gasteiger partial charge is 0.200 e. The van der Waals surface area contributed by atoms with E-state index in [1.807, 2.05) is 24.3 Å². The van der Waals surface area contributed by atoms with Gasteiger partial charge in [0.25, 0.3) is 0 Å². The minimum atomic E-state index is -1.98. The highest BCUT2D eigenvalue weighted by atomic mass is 35.5. The molecule has 2 nitrogen and oxygen atoms in total. The lowest BCUT2D eigenvalue weighted by Gasteiger charge is -2.60. The molecule has 0 bridgehead atoms. The van der Waals surface area contributed by atoms with E-state index in [2.05, 4.69) is 75.3 Å². The van der Waals surface area contributed by atoms with Gasteiger partial charge in [0.05, 0.1) is 16.0 Å². The van der Waals surface area contributed by atoms with Crippen LogP contribution in [0.25, 0.3) is 0 Å². The van der Waals surface area contributed by atoms with Crippen LogP contribution in [-0.2, 0) is 15.2 Å². The normalized spacial score (nSPS) is 37.6. The molecule has 1 unspecified atom stereocenters. The zero-order chi connectivity index (χ0) is 31.5. The van der Waals surface area contributed by atoms with Crippen molar-refractivity contribution < 1.29 is 8.63 Å². The van der Waals surface area contributed by atoms with Gasteiger partial charge in [0, 0.05) is 16.0 Å². The maximum absolute atomic E-state index is 14.7. The Balaban J connectivity index is 1.55. The first-order valence-electron chi connectivity index (χ1n) is 17.8. The van der Waals surface area contributed by atoms with Crippen LogP contribution in [0.4, 0.5) is 0 Å². The molecule has 5 heteroatoms. The summed E-state index contributed by atoms with van der Waals surface area (Å²) in [5.74, 6) is 3.28. The standard InChI is InChI=1S/C38H61ClO2SSi/c1-11-27(8)32-16-17-33-36-34(19-21-38(32,33)10)37(9)20-18-30(41-43(24(2)3,25(4)5)26(6)7)22-28(37)23-35(36)42(40)31-14-12-29(39)13-15-31/h12-15,23-27,30,32-36H,11,16-22H2,1-10H3/t27-,30-,32+,33-,34-,35-,36-,37-,38+,42?/m0/s1. The van der Waals surface area contributed by atoms with Crippen LogP contribution >= 0.6 is 11.6 Å². The van der Waals surface area contributed by atoms with Crippen LogP contribution in [0.15, 0.2) is 40.8 Å². The van der Waals surface area contributed by atoms with Crippen molar-refractivity contribution in [3.63, 3.8) is 0 Å². The number of fused-ring (bicyclic) bond motifs is 5. The molecule has 10 atom stereocenters. The molecule has 3 fully saturated rings. The summed E-state index contributed by atoms with van der Waals surface area (Å²) in [6.07, 6.45) is 12.8. The van der Waals surface area contributed by atoms with E-state index >= 15 is 0 Å². The predicted octanol–water partition coefficient (Wildman–Crippen LogP) is 11.6. The molecule has 0 N–H and O–H groups in total. The summed E-state index contributed by atoms with van der Waals surface area (Å²) in [7, 11) is -3.08. The average Bonchev–Trinajstić information content (AvgIpc) is 3.31. The summed E-state index contributed by atoms with van der Waals surface area (Å²) in [5.41, 5.74) is 3.89. The third-order valence-corrected chi connectivity index (χ3v) is 21.9. The van der Waals surface area contributed by atoms with Crippen molar-refractivity contribution in [2.24, 2.45) is 40.4 Å². The van der Waals surface area contributed by atoms with E-state index in [4.69, 9.17) is 16.0 Å². The minimum Gasteiger partial charge on any atom is -0.413 e. The van der Waals surface area contributed by atoms with Crippen LogP contribution in [0.5, 0.6) is 0 Å². The number of benzene rings is 1. The molecule has 3 saturated carbocycles. The molecule has 0 amide bonds. The molecule has 0 spiro atoms. The largest absolute Gasteiger partial charge is 0.413 e. The molecular weight excluding hydrogens is 584 g/mol. The zero-order valence-corrected chi connectivity index (χ0v) is 31.5. The maximum Gasteiger partial charge on any atom is 0.200 e. The summed E-state index contributed by atoms with van der Waals surface area (Å²) < 4.78 is 22.1. The maximum atomic E-state index is 14.7. The summed E-state index contributed by atoms with van der Waals surface area (Å²) in [6.45, 7) is 24.5. The number of halogens is 1. The van der Waals surface area contributed by atoms with Gasteiger partial charge in [0.15, 0.2) is 0 Å². The fourth-order valence-corrected chi connectivity index (χ4v) is 19.0. The Labute approximate surface area is 273 Å². The lowest BCUT2D eigenvalue weighted by molar-refractivity contribution is -0.0544. The second-order valence-corrected chi connectivity index (χ2v) is 24.0. The molecule has 1 aromatic rings. The van der Waals surface area contributed by atoms with Crippen molar-refractivity contribution >= 4 is 30.7 Å². The zero-order valence-electron chi connectivity index (χ0n) is 28.9. The van der Waals surface area contributed by atoms with Crippen molar-refractivity contribution in [3.05, 3.63) is 40.9 Å². The second-order valence-electron chi connectivity index (χ2n) is 16.5. The third-order valence-electron chi connectivity index (χ3n) is 13.8. The van der Waals surface area contributed by atoms with Crippen molar-refractivity contribution in [2.75, 3.05) is 0 Å². The number of hydrogen-bond donors (Lipinski definition) is 0. The Bertz CT molecular complexity index is 1170. The molecule has 0 heterocycles. The van der Waals surface area contributed by atoms with Gasteiger partial charge in [-0.25, -0.2) is 0 Å². The molecule has 43 heavy (non-hydrogen) atoms. The molecular formula is C38H61ClO2SSi. The summed E-state index contributed by atoms with van der Waals surface area (Å²) in [5, 5.41) is 0.779. The third kappa shape index (κ3) is 5.63. The highest BCUT2D eigenvalue weighted by Crippen LogP contribution is 2.68. The Morgan fingerprint density at radius 2 is 1.53 bits per heavy atom.